The van der Waals surface area contributed by atoms with Crippen molar-refractivity contribution in [2.45, 2.75) is 51.4 Å². The fourth-order valence-corrected chi connectivity index (χ4v) is 1.65. The van der Waals surface area contributed by atoms with Crippen molar-refractivity contribution < 1.29 is 4.79 Å². The normalized spacial score (nSPS) is 22.1. The molecule has 3 heteroatoms. The van der Waals surface area contributed by atoms with Crippen LogP contribution in [0, 0.1) is 0 Å². The molecule has 0 aliphatic carbocycles. The predicted octanol–water partition coefficient (Wildman–Crippen LogP) is 3.14. The number of hydrogen-bond acceptors (Lipinski definition) is 3. The molecule has 0 unspecified atom stereocenters. The van der Waals surface area contributed by atoms with E-state index in [1.807, 2.05) is 0 Å². The summed E-state index contributed by atoms with van der Waals surface area (Å²) in [4.78, 5) is 11.3. The highest BCUT2D eigenvalue weighted by atomic mass is 16.1. The topological polar surface area (TPSA) is 41.8 Å². The Labute approximate surface area is 86.0 Å². The van der Waals surface area contributed by atoms with E-state index in [-0.39, 0.29) is 0 Å². The SMILES string of the molecule is O=C1CCCCCCCCN=NCC1. The third kappa shape index (κ3) is 5.84. The third-order valence-electron chi connectivity index (χ3n) is 2.55. The Kier molecular flexibility index (Phi) is 6.20. The smallest absolute Gasteiger partial charge is 0.134 e. The summed E-state index contributed by atoms with van der Waals surface area (Å²) >= 11 is 0. The Morgan fingerprint density at radius 3 is 2.21 bits per heavy atom. The van der Waals surface area contributed by atoms with Gasteiger partial charge in [0, 0.05) is 12.8 Å². The lowest BCUT2D eigenvalue weighted by Gasteiger charge is -1.99. The van der Waals surface area contributed by atoms with Crippen molar-refractivity contribution >= 4 is 5.78 Å². The van der Waals surface area contributed by atoms with E-state index in [1.165, 1.54) is 25.7 Å². The molecule has 0 aromatic heterocycles. The van der Waals surface area contributed by atoms with E-state index in [0.717, 1.165) is 25.8 Å². The third-order valence-corrected chi connectivity index (χ3v) is 2.55. The van der Waals surface area contributed by atoms with Gasteiger partial charge in [0.15, 0.2) is 0 Å². The van der Waals surface area contributed by atoms with E-state index in [2.05, 4.69) is 10.2 Å². The van der Waals surface area contributed by atoms with Crippen LogP contribution in [-0.2, 0) is 4.79 Å². The zero-order valence-electron chi connectivity index (χ0n) is 8.87. The van der Waals surface area contributed by atoms with Crippen molar-refractivity contribution in [3.05, 3.63) is 0 Å². The average molecular weight is 196 g/mol. The fraction of sp³-hybridized carbons (Fsp3) is 0.909. The lowest BCUT2D eigenvalue weighted by atomic mass is 10.1. The molecule has 1 rings (SSSR count). The van der Waals surface area contributed by atoms with E-state index >= 15 is 0 Å². The number of carbonyl (C=O) groups excluding carboxylic acids is 1. The summed E-state index contributed by atoms with van der Waals surface area (Å²) < 4.78 is 0. The molecule has 1 aliphatic rings. The first kappa shape index (κ1) is 11.3. The monoisotopic (exact) mass is 196 g/mol. The number of azo groups is 1. The molecule has 1 aliphatic heterocycles. The molecule has 0 saturated heterocycles. The van der Waals surface area contributed by atoms with Crippen molar-refractivity contribution in [1.82, 2.24) is 0 Å². The first-order valence-corrected chi connectivity index (χ1v) is 5.74. The van der Waals surface area contributed by atoms with Gasteiger partial charge in [-0.15, -0.1) is 0 Å². The molecule has 0 atom stereocenters. The Hall–Kier alpha value is -0.730. The molecule has 0 saturated carbocycles. The standard InChI is InChI=1S/C11H20N2O/c14-11-7-5-3-1-2-4-6-9-12-13-10-8-11/h1-10H2. The number of Topliss-reactive ketones (excluding diaryl/α,β-unsaturated/α-hetero) is 1. The average Bonchev–Trinajstić information content (AvgIpc) is 2.20. The van der Waals surface area contributed by atoms with Crippen molar-refractivity contribution in [2.24, 2.45) is 10.2 Å². The van der Waals surface area contributed by atoms with Crippen LogP contribution in [0.25, 0.3) is 0 Å². The molecule has 0 N–H and O–H groups in total. The van der Waals surface area contributed by atoms with E-state index < -0.39 is 0 Å². The Morgan fingerprint density at radius 2 is 1.36 bits per heavy atom. The molecule has 0 bridgehead atoms. The molecular formula is C11H20N2O. The maximum Gasteiger partial charge on any atom is 0.134 e. The van der Waals surface area contributed by atoms with Gasteiger partial charge in [-0.3, -0.25) is 4.79 Å². The molecular weight excluding hydrogens is 176 g/mol. The van der Waals surface area contributed by atoms with Crippen LogP contribution in [0.3, 0.4) is 0 Å². The minimum atomic E-state index is 0.350. The second kappa shape index (κ2) is 7.65. The lowest BCUT2D eigenvalue weighted by molar-refractivity contribution is -0.119. The maximum atomic E-state index is 11.3. The summed E-state index contributed by atoms with van der Waals surface area (Å²) in [5.41, 5.74) is 0. The van der Waals surface area contributed by atoms with Crippen molar-refractivity contribution in [3.8, 4) is 0 Å². The van der Waals surface area contributed by atoms with Gasteiger partial charge in [-0.05, 0) is 12.8 Å². The van der Waals surface area contributed by atoms with Crippen molar-refractivity contribution in [1.29, 1.82) is 0 Å². The van der Waals surface area contributed by atoms with Crippen LogP contribution in [0.1, 0.15) is 51.4 Å². The van der Waals surface area contributed by atoms with Crippen LogP contribution >= 0.6 is 0 Å². The zero-order valence-corrected chi connectivity index (χ0v) is 8.87. The van der Waals surface area contributed by atoms with E-state index in [4.69, 9.17) is 0 Å². The van der Waals surface area contributed by atoms with Gasteiger partial charge >= 0.3 is 0 Å². The second-order valence-corrected chi connectivity index (χ2v) is 3.89. The van der Waals surface area contributed by atoms with Crippen LogP contribution in [-0.4, -0.2) is 18.9 Å². The Balaban J connectivity index is 2.23. The molecule has 0 aromatic carbocycles. The van der Waals surface area contributed by atoms with Gasteiger partial charge < -0.3 is 0 Å². The van der Waals surface area contributed by atoms with E-state index in [1.54, 1.807) is 0 Å². The number of carbonyl (C=O) groups is 1. The molecule has 80 valence electrons. The van der Waals surface area contributed by atoms with Gasteiger partial charge in [-0.2, -0.15) is 10.2 Å². The molecule has 0 radical (unpaired) electrons. The highest BCUT2D eigenvalue weighted by molar-refractivity contribution is 5.78. The largest absolute Gasteiger partial charge is 0.300 e. The summed E-state index contributed by atoms with van der Waals surface area (Å²) in [6.07, 6.45) is 8.56. The van der Waals surface area contributed by atoms with Crippen LogP contribution < -0.4 is 0 Å². The Bertz CT molecular complexity index is 190. The summed E-state index contributed by atoms with van der Waals surface area (Å²) in [7, 11) is 0. The van der Waals surface area contributed by atoms with Gasteiger partial charge in [-0.25, -0.2) is 0 Å². The summed E-state index contributed by atoms with van der Waals surface area (Å²) in [5.74, 6) is 0.350. The molecule has 0 fully saturated rings. The maximum absolute atomic E-state index is 11.3. The van der Waals surface area contributed by atoms with Crippen LogP contribution in [0.4, 0.5) is 0 Å². The van der Waals surface area contributed by atoms with Gasteiger partial charge in [0.25, 0.3) is 0 Å². The molecule has 0 aromatic rings. The molecule has 14 heavy (non-hydrogen) atoms. The van der Waals surface area contributed by atoms with Gasteiger partial charge in [0.1, 0.15) is 5.78 Å². The lowest BCUT2D eigenvalue weighted by Crippen LogP contribution is -1.99. The number of rotatable bonds is 0. The quantitative estimate of drug-likeness (QED) is 0.586. The Morgan fingerprint density at radius 1 is 0.714 bits per heavy atom. The molecule has 3 nitrogen and oxygen atoms in total. The number of nitrogens with zero attached hydrogens (tertiary/aromatic N) is 2. The summed E-state index contributed by atoms with van der Waals surface area (Å²) in [5, 5.41) is 8.03. The molecule has 0 amide bonds. The first-order valence-electron chi connectivity index (χ1n) is 5.74. The van der Waals surface area contributed by atoms with Crippen molar-refractivity contribution in [3.63, 3.8) is 0 Å². The van der Waals surface area contributed by atoms with Gasteiger partial charge in [0.2, 0.25) is 0 Å². The molecule has 1 heterocycles. The predicted molar refractivity (Wildman–Crippen MR) is 56.5 cm³/mol. The van der Waals surface area contributed by atoms with Gasteiger partial charge in [-0.1, -0.05) is 25.7 Å². The molecule has 0 spiro atoms. The van der Waals surface area contributed by atoms with Crippen LogP contribution in [0.15, 0.2) is 10.2 Å². The minimum absolute atomic E-state index is 0.350. The fourth-order valence-electron chi connectivity index (χ4n) is 1.65. The zero-order chi connectivity index (χ0) is 10.1. The second-order valence-electron chi connectivity index (χ2n) is 3.89. The van der Waals surface area contributed by atoms with E-state index in [9.17, 15) is 4.79 Å². The van der Waals surface area contributed by atoms with Crippen LogP contribution in [0.5, 0.6) is 0 Å². The summed E-state index contributed by atoms with van der Waals surface area (Å²) in [6.45, 7) is 1.44. The first-order chi connectivity index (χ1) is 6.89. The van der Waals surface area contributed by atoms with Crippen molar-refractivity contribution in [2.75, 3.05) is 13.1 Å². The van der Waals surface area contributed by atoms with E-state index in [0.29, 0.717) is 18.7 Å². The summed E-state index contributed by atoms with van der Waals surface area (Å²) in [6, 6.07) is 0. The highest BCUT2D eigenvalue weighted by Gasteiger charge is 2.01. The number of hydrogen-bond donors (Lipinski definition) is 0. The number of ketones is 1. The minimum Gasteiger partial charge on any atom is -0.300 e. The van der Waals surface area contributed by atoms with Crippen LogP contribution in [0.2, 0.25) is 0 Å². The highest BCUT2D eigenvalue weighted by Crippen LogP contribution is 2.09. The van der Waals surface area contributed by atoms with Gasteiger partial charge in [0.05, 0.1) is 13.1 Å².